The highest BCUT2D eigenvalue weighted by molar-refractivity contribution is 7.99. The Balaban J connectivity index is 1.60. The lowest BCUT2D eigenvalue weighted by Gasteiger charge is -2.08. The summed E-state index contributed by atoms with van der Waals surface area (Å²) in [7, 11) is 0. The van der Waals surface area contributed by atoms with Crippen molar-refractivity contribution in [3.05, 3.63) is 54.1 Å². The standard InChI is InChI=1S/C17H21NOS/c1-14-8-10-15(11-9-14)20-13-5-4-12-19-17-7-3-2-6-16(17)18/h2-3,6-11H,4-5,12-13,18H2,1H3. The number of nitrogens with two attached hydrogens (primary N) is 1. The van der Waals surface area contributed by atoms with Gasteiger partial charge in [-0.25, -0.2) is 0 Å². The van der Waals surface area contributed by atoms with Crippen LogP contribution in [0.15, 0.2) is 53.4 Å². The molecule has 0 aliphatic rings. The van der Waals surface area contributed by atoms with E-state index in [9.17, 15) is 0 Å². The molecule has 0 atom stereocenters. The van der Waals surface area contributed by atoms with Crippen LogP contribution in [-0.4, -0.2) is 12.4 Å². The molecule has 0 aromatic heterocycles. The molecule has 2 nitrogen and oxygen atoms in total. The molecule has 0 fully saturated rings. The van der Waals surface area contributed by atoms with E-state index in [1.807, 2.05) is 36.0 Å². The van der Waals surface area contributed by atoms with Crippen LogP contribution in [0.2, 0.25) is 0 Å². The lowest BCUT2D eigenvalue weighted by molar-refractivity contribution is 0.311. The zero-order valence-corrected chi connectivity index (χ0v) is 12.7. The molecule has 0 saturated heterocycles. The zero-order chi connectivity index (χ0) is 14.2. The van der Waals surface area contributed by atoms with Crippen LogP contribution in [0.1, 0.15) is 18.4 Å². The number of aryl methyl sites for hydroxylation is 1. The third kappa shape index (κ3) is 4.82. The van der Waals surface area contributed by atoms with Crippen molar-refractivity contribution in [3.8, 4) is 5.75 Å². The number of benzene rings is 2. The van der Waals surface area contributed by atoms with Gasteiger partial charge in [-0.15, -0.1) is 11.8 Å². The highest BCUT2D eigenvalue weighted by Crippen LogP contribution is 2.21. The van der Waals surface area contributed by atoms with Gasteiger partial charge in [-0.2, -0.15) is 0 Å². The molecule has 3 heteroatoms. The molecule has 20 heavy (non-hydrogen) atoms. The predicted molar refractivity (Wildman–Crippen MR) is 87.5 cm³/mol. The van der Waals surface area contributed by atoms with Crippen LogP contribution in [0, 0.1) is 6.92 Å². The van der Waals surface area contributed by atoms with Gasteiger partial charge in [-0.3, -0.25) is 0 Å². The first-order valence-corrected chi connectivity index (χ1v) is 7.91. The second kappa shape index (κ2) is 7.85. The maximum atomic E-state index is 5.82. The Morgan fingerprint density at radius 2 is 1.75 bits per heavy atom. The zero-order valence-electron chi connectivity index (χ0n) is 11.8. The summed E-state index contributed by atoms with van der Waals surface area (Å²) in [5, 5.41) is 0. The molecule has 0 spiro atoms. The van der Waals surface area contributed by atoms with Gasteiger partial charge in [-0.05, 0) is 49.8 Å². The van der Waals surface area contributed by atoms with Gasteiger partial charge in [0.15, 0.2) is 0 Å². The Morgan fingerprint density at radius 1 is 1.00 bits per heavy atom. The third-order valence-corrected chi connectivity index (χ3v) is 4.10. The van der Waals surface area contributed by atoms with Crippen LogP contribution in [0.25, 0.3) is 0 Å². The average Bonchev–Trinajstić information content (AvgIpc) is 2.46. The van der Waals surface area contributed by atoms with Gasteiger partial charge >= 0.3 is 0 Å². The molecule has 2 N–H and O–H groups in total. The van der Waals surface area contributed by atoms with E-state index in [1.54, 1.807) is 0 Å². The van der Waals surface area contributed by atoms with Crippen molar-refractivity contribution in [2.24, 2.45) is 0 Å². The van der Waals surface area contributed by atoms with Crippen LogP contribution < -0.4 is 10.5 Å². The average molecular weight is 287 g/mol. The minimum absolute atomic E-state index is 0.710. The minimum Gasteiger partial charge on any atom is -0.491 e. The van der Waals surface area contributed by atoms with E-state index < -0.39 is 0 Å². The van der Waals surface area contributed by atoms with E-state index in [4.69, 9.17) is 10.5 Å². The van der Waals surface area contributed by atoms with E-state index in [0.29, 0.717) is 5.69 Å². The van der Waals surface area contributed by atoms with Gasteiger partial charge in [0.2, 0.25) is 0 Å². The lowest BCUT2D eigenvalue weighted by Crippen LogP contribution is -2.00. The largest absolute Gasteiger partial charge is 0.491 e. The SMILES string of the molecule is Cc1ccc(SCCCCOc2ccccc2N)cc1. The molecule has 0 amide bonds. The van der Waals surface area contributed by atoms with Crippen LogP contribution in [0.5, 0.6) is 5.75 Å². The number of nitrogen functional groups attached to an aromatic ring is 1. The van der Waals surface area contributed by atoms with Gasteiger partial charge in [-0.1, -0.05) is 29.8 Å². The van der Waals surface area contributed by atoms with Gasteiger partial charge in [0.25, 0.3) is 0 Å². The van der Waals surface area contributed by atoms with E-state index >= 15 is 0 Å². The topological polar surface area (TPSA) is 35.2 Å². The first kappa shape index (κ1) is 14.8. The number of ether oxygens (including phenoxy) is 1. The summed E-state index contributed by atoms with van der Waals surface area (Å²) >= 11 is 1.90. The van der Waals surface area contributed by atoms with Gasteiger partial charge < -0.3 is 10.5 Å². The first-order chi connectivity index (χ1) is 9.75. The Kier molecular flexibility index (Phi) is 5.81. The molecule has 2 aromatic rings. The first-order valence-electron chi connectivity index (χ1n) is 6.92. The van der Waals surface area contributed by atoms with Crippen molar-refractivity contribution < 1.29 is 4.74 Å². The summed E-state index contributed by atoms with van der Waals surface area (Å²) < 4.78 is 5.67. The number of thioether (sulfide) groups is 1. The van der Waals surface area contributed by atoms with E-state index in [-0.39, 0.29) is 0 Å². The predicted octanol–water partition coefficient (Wildman–Crippen LogP) is 4.53. The highest BCUT2D eigenvalue weighted by atomic mass is 32.2. The van der Waals surface area contributed by atoms with Crippen LogP contribution in [-0.2, 0) is 0 Å². The number of hydrogen-bond donors (Lipinski definition) is 1. The number of hydrogen-bond acceptors (Lipinski definition) is 3. The molecule has 0 aliphatic heterocycles. The van der Waals surface area contributed by atoms with Crippen molar-refractivity contribution >= 4 is 17.4 Å². The second-order valence-corrected chi connectivity index (χ2v) is 5.92. The maximum Gasteiger partial charge on any atom is 0.142 e. The minimum atomic E-state index is 0.710. The molecular weight excluding hydrogens is 266 g/mol. The molecule has 2 rings (SSSR count). The van der Waals surface area contributed by atoms with Gasteiger partial charge in [0, 0.05) is 4.90 Å². The number of unbranched alkanes of at least 4 members (excludes halogenated alkanes) is 1. The Labute approximate surface area is 125 Å². The van der Waals surface area contributed by atoms with Crippen molar-refractivity contribution in [2.75, 3.05) is 18.1 Å². The summed E-state index contributed by atoms with van der Waals surface area (Å²) in [5.74, 6) is 1.91. The molecule has 106 valence electrons. The summed E-state index contributed by atoms with van der Waals surface area (Å²) in [6.45, 7) is 2.84. The maximum absolute atomic E-state index is 5.82. The molecular formula is C17H21NOS. The van der Waals surface area contributed by atoms with Crippen molar-refractivity contribution in [1.82, 2.24) is 0 Å². The fourth-order valence-corrected chi connectivity index (χ4v) is 2.74. The van der Waals surface area contributed by atoms with Gasteiger partial charge in [0.1, 0.15) is 5.75 Å². The van der Waals surface area contributed by atoms with E-state index in [2.05, 4.69) is 31.2 Å². The second-order valence-electron chi connectivity index (χ2n) is 4.75. The Morgan fingerprint density at radius 3 is 2.50 bits per heavy atom. The highest BCUT2D eigenvalue weighted by Gasteiger charge is 1.98. The summed E-state index contributed by atoms with van der Waals surface area (Å²) in [6, 6.07) is 16.3. The summed E-state index contributed by atoms with van der Waals surface area (Å²) in [4.78, 5) is 1.34. The van der Waals surface area contributed by atoms with Crippen LogP contribution in [0.3, 0.4) is 0 Å². The fraction of sp³-hybridized carbons (Fsp3) is 0.294. The lowest BCUT2D eigenvalue weighted by atomic mass is 10.2. The molecule has 0 heterocycles. The molecule has 0 aliphatic carbocycles. The monoisotopic (exact) mass is 287 g/mol. The number of anilines is 1. The normalized spacial score (nSPS) is 10.4. The third-order valence-electron chi connectivity index (χ3n) is 3.00. The van der Waals surface area contributed by atoms with Gasteiger partial charge in [0.05, 0.1) is 12.3 Å². The van der Waals surface area contributed by atoms with Crippen LogP contribution in [0.4, 0.5) is 5.69 Å². The van der Waals surface area contributed by atoms with E-state index in [1.165, 1.54) is 10.5 Å². The Bertz CT molecular complexity index is 525. The molecule has 0 radical (unpaired) electrons. The fourth-order valence-electron chi connectivity index (χ4n) is 1.82. The van der Waals surface area contributed by atoms with Crippen molar-refractivity contribution in [1.29, 1.82) is 0 Å². The molecule has 0 unspecified atom stereocenters. The molecule has 2 aromatic carbocycles. The van der Waals surface area contributed by atoms with E-state index in [0.717, 1.165) is 31.0 Å². The molecule has 0 bridgehead atoms. The van der Waals surface area contributed by atoms with Crippen LogP contribution >= 0.6 is 11.8 Å². The molecule has 0 saturated carbocycles. The quantitative estimate of drug-likeness (QED) is 0.461. The summed E-state index contributed by atoms with van der Waals surface area (Å²) in [6.07, 6.45) is 2.19. The summed E-state index contributed by atoms with van der Waals surface area (Å²) in [5.41, 5.74) is 7.84. The number of para-hydroxylation sites is 2. The number of rotatable bonds is 7. The Hall–Kier alpha value is -1.61. The smallest absolute Gasteiger partial charge is 0.142 e. The van der Waals surface area contributed by atoms with Crippen molar-refractivity contribution in [2.45, 2.75) is 24.7 Å². The van der Waals surface area contributed by atoms with Crippen molar-refractivity contribution in [3.63, 3.8) is 0 Å².